The van der Waals surface area contributed by atoms with Crippen molar-refractivity contribution in [1.82, 2.24) is 5.32 Å². The molecule has 1 N–H and O–H groups in total. The lowest BCUT2D eigenvalue weighted by molar-refractivity contribution is -0.385. The first-order valence-corrected chi connectivity index (χ1v) is 6.32. The molecule has 2 aromatic rings. The van der Waals surface area contributed by atoms with E-state index < -0.39 is 4.92 Å². The van der Waals surface area contributed by atoms with Crippen LogP contribution in [0.15, 0.2) is 42.5 Å². The Kier molecular flexibility index (Phi) is 4.65. The molecule has 0 aliphatic heterocycles. The first-order valence-electron chi connectivity index (χ1n) is 5.95. The van der Waals surface area contributed by atoms with Crippen LogP contribution in [0.1, 0.15) is 11.1 Å². The zero-order valence-electron chi connectivity index (χ0n) is 10.5. The number of hydrogen-bond acceptors (Lipinski definition) is 3. The summed E-state index contributed by atoms with van der Waals surface area (Å²) in [5.41, 5.74) is 1.03. The molecule has 2 aromatic carbocycles. The summed E-state index contributed by atoms with van der Waals surface area (Å²) in [6.07, 6.45) is 0. The third-order valence-corrected chi connectivity index (χ3v) is 3.06. The minimum absolute atomic E-state index is 0.0477. The highest BCUT2D eigenvalue weighted by atomic mass is 35.5. The predicted octanol–water partition coefficient (Wildman–Crippen LogP) is 3.68. The summed E-state index contributed by atoms with van der Waals surface area (Å²) in [6.45, 7) is 0.529. The van der Waals surface area contributed by atoms with Crippen molar-refractivity contribution < 1.29 is 9.31 Å². The van der Waals surface area contributed by atoms with Crippen molar-refractivity contribution in [2.45, 2.75) is 13.1 Å². The number of hydrogen-bond donors (Lipinski definition) is 1. The molecule has 0 aromatic heterocycles. The quantitative estimate of drug-likeness (QED) is 0.676. The molecule has 0 unspecified atom stereocenters. The smallest absolute Gasteiger partial charge is 0.273 e. The number of halogens is 2. The summed E-state index contributed by atoms with van der Waals surface area (Å²) >= 11 is 5.80. The monoisotopic (exact) mass is 294 g/mol. The summed E-state index contributed by atoms with van der Waals surface area (Å²) in [5.74, 6) is -0.357. The van der Waals surface area contributed by atoms with E-state index in [-0.39, 0.29) is 24.6 Å². The second-order valence-electron chi connectivity index (χ2n) is 4.23. The molecule has 20 heavy (non-hydrogen) atoms. The summed E-state index contributed by atoms with van der Waals surface area (Å²) in [4.78, 5) is 10.4. The van der Waals surface area contributed by atoms with Crippen molar-refractivity contribution >= 4 is 17.3 Å². The standard InChI is InChI=1S/C14H12ClFN2O2/c15-12-5-6-13(16)11(7-12)9-17-8-10-3-1-2-4-14(10)18(19)20/h1-7,17H,8-9H2. The first-order chi connectivity index (χ1) is 9.58. The number of nitro benzene ring substituents is 1. The van der Waals surface area contributed by atoms with E-state index in [0.29, 0.717) is 16.1 Å². The lowest BCUT2D eigenvalue weighted by Crippen LogP contribution is -2.14. The highest BCUT2D eigenvalue weighted by Gasteiger charge is 2.11. The summed E-state index contributed by atoms with van der Waals surface area (Å²) < 4.78 is 13.5. The Morgan fingerprint density at radius 3 is 2.60 bits per heavy atom. The third kappa shape index (κ3) is 3.53. The maximum atomic E-state index is 13.5. The van der Waals surface area contributed by atoms with Crippen LogP contribution in [0.3, 0.4) is 0 Å². The fourth-order valence-corrected chi connectivity index (χ4v) is 2.04. The number of nitro groups is 1. The van der Waals surface area contributed by atoms with Gasteiger partial charge in [0.25, 0.3) is 5.69 Å². The zero-order valence-corrected chi connectivity index (χ0v) is 11.2. The van der Waals surface area contributed by atoms with Crippen molar-refractivity contribution in [3.63, 3.8) is 0 Å². The van der Waals surface area contributed by atoms with Gasteiger partial charge in [0, 0.05) is 35.3 Å². The van der Waals surface area contributed by atoms with Crippen molar-refractivity contribution in [2.24, 2.45) is 0 Å². The topological polar surface area (TPSA) is 55.2 Å². The lowest BCUT2D eigenvalue weighted by Gasteiger charge is -2.07. The van der Waals surface area contributed by atoms with Gasteiger partial charge in [-0.25, -0.2) is 4.39 Å². The minimum atomic E-state index is -0.434. The number of nitrogens with one attached hydrogen (secondary N) is 1. The largest absolute Gasteiger partial charge is 0.308 e. The van der Waals surface area contributed by atoms with Gasteiger partial charge in [-0.15, -0.1) is 0 Å². The minimum Gasteiger partial charge on any atom is -0.308 e. The van der Waals surface area contributed by atoms with Crippen LogP contribution >= 0.6 is 11.6 Å². The molecule has 6 heteroatoms. The molecule has 0 fully saturated rings. The Bertz CT molecular complexity index is 634. The van der Waals surface area contributed by atoms with Crippen molar-refractivity contribution in [2.75, 3.05) is 0 Å². The molecule has 0 saturated heterocycles. The van der Waals surface area contributed by atoms with Gasteiger partial charge in [-0.1, -0.05) is 29.8 Å². The molecule has 0 spiro atoms. The Morgan fingerprint density at radius 1 is 1.15 bits per heavy atom. The number of benzene rings is 2. The molecule has 104 valence electrons. The van der Waals surface area contributed by atoms with Crippen LogP contribution in [0.5, 0.6) is 0 Å². The fraction of sp³-hybridized carbons (Fsp3) is 0.143. The van der Waals surface area contributed by atoms with Gasteiger partial charge >= 0.3 is 0 Å². The van der Waals surface area contributed by atoms with E-state index in [2.05, 4.69) is 5.32 Å². The predicted molar refractivity (Wildman–Crippen MR) is 75.1 cm³/mol. The molecule has 0 bridgehead atoms. The zero-order chi connectivity index (χ0) is 14.5. The SMILES string of the molecule is O=[N+]([O-])c1ccccc1CNCc1cc(Cl)ccc1F. The average molecular weight is 295 g/mol. The van der Waals surface area contributed by atoms with E-state index in [1.807, 2.05) is 0 Å². The molecule has 0 amide bonds. The average Bonchev–Trinajstić information content (AvgIpc) is 2.43. The van der Waals surface area contributed by atoms with Gasteiger partial charge in [0.15, 0.2) is 0 Å². The Morgan fingerprint density at radius 2 is 1.85 bits per heavy atom. The second kappa shape index (κ2) is 6.45. The van der Waals surface area contributed by atoms with E-state index in [1.165, 1.54) is 24.3 Å². The van der Waals surface area contributed by atoms with Crippen LogP contribution < -0.4 is 5.32 Å². The fourth-order valence-electron chi connectivity index (χ4n) is 1.85. The van der Waals surface area contributed by atoms with E-state index in [0.717, 1.165) is 0 Å². The Labute approximate surface area is 120 Å². The van der Waals surface area contributed by atoms with Gasteiger partial charge < -0.3 is 5.32 Å². The van der Waals surface area contributed by atoms with Gasteiger partial charge in [-0.05, 0) is 18.2 Å². The molecule has 0 aliphatic rings. The van der Waals surface area contributed by atoms with Crippen LogP contribution in [-0.4, -0.2) is 4.92 Å². The Hall–Kier alpha value is -1.98. The van der Waals surface area contributed by atoms with Crippen LogP contribution in [0.25, 0.3) is 0 Å². The lowest BCUT2D eigenvalue weighted by atomic mass is 10.1. The molecule has 0 heterocycles. The number of rotatable bonds is 5. The van der Waals surface area contributed by atoms with Gasteiger partial charge in [0.2, 0.25) is 0 Å². The van der Waals surface area contributed by atoms with Gasteiger partial charge in [-0.2, -0.15) is 0 Å². The maximum Gasteiger partial charge on any atom is 0.273 e. The second-order valence-corrected chi connectivity index (χ2v) is 4.66. The molecule has 0 radical (unpaired) electrons. The summed E-state index contributed by atoms with van der Waals surface area (Å²) in [6, 6.07) is 10.7. The first kappa shape index (κ1) is 14.4. The Balaban J connectivity index is 2.03. The molecule has 0 saturated carbocycles. The summed E-state index contributed by atoms with van der Waals surface area (Å²) in [5, 5.41) is 14.3. The van der Waals surface area contributed by atoms with Crippen molar-refractivity contribution in [3.05, 3.63) is 74.5 Å². The van der Waals surface area contributed by atoms with Crippen LogP contribution in [0, 0.1) is 15.9 Å². The van der Waals surface area contributed by atoms with Gasteiger partial charge in [0.1, 0.15) is 5.82 Å². The molecular weight excluding hydrogens is 283 g/mol. The van der Waals surface area contributed by atoms with E-state index in [9.17, 15) is 14.5 Å². The molecule has 0 atom stereocenters. The van der Waals surface area contributed by atoms with Crippen LogP contribution in [-0.2, 0) is 13.1 Å². The van der Waals surface area contributed by atoms with E-state index in [1.54, 1.807) is 18.2 Å². The van der Waals surface area contributed by atoms with Gasteiger partial charge in [0.05, 0.1) is 4.92 Å². The highest BCUT2D eigenvalue weighted by molar-refractivity contribution is 6.30. The van der Waals surface area contributed by atoms with Crippen LogP contribution in [0.2, 0.25) is 5.02 Å². The number of nitrogens with zero attached hydrogens (tertiary/aromatic N) is 1. The van der Waals surface area contributed by atoms with Gasteiger partial charge in [-0.3, -0.25) is 10.1 Å². The third-order valence-electron chi connectivity index (χ3n) is 2.83. The normalized spacial score (nSPS) is 10.5. The molecular formula is C14H12ClFN2O2. The molecule has 4 nitrogen and oxygen atoms in total. The highest BCUT2D eigenvalue weighted by Crippen LogP contribution is 2.18. The molecule has 0 aliphatic carbocycles. The van der Waals surface area contributed by atoms with Crippen LogP contribution in [0.4, 0.5) is 10.1 Å². The number of para-hydroxylation sites is 1. The maximum absolute atomic E-state index is 13.5. The van der Waals surface area contributed by atoms with E-state index >= 15 is 0 Å². The molecule has 2 rings (SSSR count). The van der Waals surface area contributed by atoms with Crippen molar-refractivity contribution in [3.8, 4) is 0 Å². The van der Waals surface area contributed by atoms with Crippen molar-refractivity contribution in [1.29, 1.82) is 0 Å². The summed E-state index contributed by atoms with van der Waals surface area (Å²) in [7, 11) is 0. The van der Waals surface area contributed by atoms with E-state index in [4.69, 9.17) is 11.6 Å².